The van der Waals surface area contributed by atoms with Gasteiger partial charge in [0.1, 0.15) is 0 Å². The highest BCUT2D eigenvalue weighted by Crippen LogP contribution is 2.15. The van der Waals surface area contributed by atoms with Gasteiger partial charge in [0.25, 0.3) is 11.4 Å². The minimum atomic E-state index is -0.133. The minimum absolute atomic E-state index is 0.133. The van der Waals surface area contributed by atoms with Crippen LogP contribution in [0.1, 0.15) is 5.82 Å². The van der Waals surface area contributed by atoms with Crippen LogP contribution in [0.4, 0.5) is 0 Å². The first-order chi connectivity index (χ1) is 11.3. The molecule has 4 aromatic rings. The van der Waals surface area contributed by atoms with Gasteiger partial charge >= 0.3 is 0 Å². The van der Waals surface area contributed by atoms with Gasteiger partial charge in [0.05, 0.1) is 23.8 Å². The van der Waals surface area contributed by atoms with Crippen molar-refractivity contribution in [1.29, 1.82) is 0 Å². The molecule has 7 heteroatoms. The van der Waals surface area contributed by atoms with Crippen LogP contribution in [0.15, 0.2) is 64.4 Å². The normalized spacial score (nSPS) is 11.0. The predicted molar refractivity (Wildman–Crippen MR) is 82.6 cm³/mol. The summed E-state index contributed by atoms with van der Waals surface area (Å²) in [6, 6.07) is 10.8. The van der Waals surface area contributed by atoms with E-state index in [1.54, 1.807) is 36.7 Å². The quantitative estimate of drug-likeness (QED) is 0.574. The molecule has 0 spiro atoms. The highest BCUT2D eigenvalue weighted by atomic mass is 16.5. The summed E-state index contributed by atoms with van der Waals surface area (Å²) < 4.78 is 6.69. The van der Waals surface area contributed by atoms with E-state index in [1.165, 1.54) is 10.9 Å². The van der Waals surface area contributed by atoms with Gasteiger partial charge < -0.3 is 4.52 Å². The maximum absolute atomic E-state index is 12.4. The molecule has 7 nitrogen and oxygen atoms in total. The zero-order valence-corrected chi connectivity index (χ0v) is 12.0. The number of nitrogens with zero attached hydrogens (tertiary/aromatic N) is 5. The van der Waals surface area contributed by atoms with Crippen molar-refractivity contribution < 1.29 is 4.52 Å². The van der Waals surface area contributed by atoms with E-state index in [0.29, 0.717) is 22.6 Å². The first-order valence-corrected chi connectivity index (χ1v) is 6.98. The van der Waals surface area contributed by atoms with Crippen molar-refractivity contribution in [3.63, 3.8) is 0 Å². The second-order valence-corrected chi connectivity index (χ2v) is 4.95. The van der Waals surface area contributed by atoms with Gasteiger partial charge in [-0.15, -0.1) is 0 Å². The van der Waals surface area contributed by atoms with Crippen molar-refractivity contribution in [1.82, 2.24) is 24.7 Å². The number of aromatic nitrogens is 5. The third-order valence-corrected chi connectivity index (χ3v) is 3.44. The Labute approximate surface area is 130 Å². The molecule has 0 fully saturated rings. The molecule has 0 saturated heterocycles. The number of hydrogen-bond donors (Lipinski definition) is 0. The topological polar surface area (TPSA) is 86.7 Å². The zero-order valence-electron chi connectivity index (χ0n) is 12.0. The van der Waals surface area contributed by atoms with Crippen LogP contribution < -0.4 is 5.56 Å². The molecule has 4 rings (SSSR count). The van der Waals surface area contributed by atoms with Crippen LogP contribution in [0.3, 0.4) is 0 Å². The molecule has 0 radical (unpaired) electrons. The first kappa shape index (κ1) is 13.3. The molecule has 0 aliphatic carbocycles. The summed E-state index contributed by atoms with van der Waals surface area (Å²) in [5.74, 6) is 0.806. The lowest BCUT2D eigenvalue weighted by Gasteiger charge is -2.03. The van der Waals surface area contributed by atoms with Gasteiger partial charge in [-0.1, -0.05) is 17.3 Å². The van der Waals surface area contributed by atoms with E-state index in [-0.39, 0.29) is 12.1 Å². The van der Waals surface area contributed by atoms with Crippen molar-refractivity contribution in [3.05, 3.63) is 71.3 Å². The number of rotatable bonds is 3. The molecule has 0 amide bonds. The third-order valence-electron chi connectivity index (χ3n) is 3.44. The van der Waals surface area contributed by atoms with Crippen molar-refractivity contribution in [2.75, 3.05) is 0 Å². The average Bonchev–Trinajstić information content (AvgIpc) is 3.07. The molecule has 3 aromatic heterocycles. The maximum atomic E-state index is 12.4. The van der Waals surface area contributed by atoms with Crippen LogP contribution >= 0.6 is 0 Å². The van der Waals surface area contributed by atoms with Gasteiger partial charge in [-0.2, -0.15) is 4.98 Å². The average molecular weight is 305 g/mol. The smallest absolute Gasteiger partial charge is 0.261 e. The molecule has 0 aliphatic rings. The largest absolute Gasteiger partial charge is 0.334 e. The highest BCUT2D eigenvalue weighted by Gasteiger charge is 2.11. The fourth-order valence-electron chi connectivity index (χ4n) is 2.30. The Morgan fingerprint density at radius 2 is 1.91 bits per heavy atom. The Hall–Kier alpha value is -3.35. The predicted octanol–water partition coefficient (Wildman–Crippen LogP) is 1.89. The van der Waals surface area contributed by atoms with E-state index in [0.717, 1.165) is 5.56 Å². The van der Waals surface area contributed by atoms with Crippen LogP contribution in [-0.4, -0.2) is 24.7 Å². The van der Waals surface area contributed by atoms with E-state index in [4.69, 9.17) is 4.52 Å². The Kier molecular flexibility index (Phi) is 3.16. The molecule has 0 bridgehead atoms. The molecular weight excluding hydrogens is 294 g/mol. The molecule has 0 aliphatic heterocycles. The number of pyridine rings is 1. The third kappa shape index (κ3) is 2.48. The van der Waals surface area contributed by atoms with Crippen LogP contribution in [0, 0.1) is 0 Å². The van der Waals surface area contributed by atoms with E-state index >= 15 is 0 Å². The van der Waals surface area contributed by atoms with Crippen LogP contribution in [0.25, 0.3) is 22.4 Å². The lowest BCUT2D eigenvalue weighted by atomic mass is 10.2. The van der Waals surface area contributed by atoms with E-state index in [9.17, 15) is 4.79 Å². The Morgan fingerprint density at radius 3 is 2.78 bits per heavy atom. The molecule has 0 N–H and O–H groups in total. The van der Waals surface area contributed by atoms with E-state index in [2.05, 4.69) is 20.1 Å². The molecule has 3 heterocycles. The maximum Gasteiger partial charge on any atom is 0.261 e. The molecule has 112 valence electrons. The second-order valence-electron chi connectivity index (χ2n) is 4.95. The summed E-state index contributed by atoms with van der Waals surface area (Å²) in [6.45, 7) is 0.200. The van der Waals surface area contributed by atoms with Crippen LogP contribution in [0.5, 0.6) is 0 Å². The van der Waals surface area contributed by atoms with E-state index in [1.807, 2.05) is 12.1 Å². The molecule has 0 saturated carbocycles. The standard InChI is InChI=1S/C16H11N5O2/c22-16-12-3-1-2-4-13(12)18-10-21(16)9-14-19-15(23-20-14)11-5-7-17-8-6-11/h1-8,10H,9H2. The molecule has 23 heavy (non-hydrogen) atoms. The van der Waals surface area contributed by atoms with Crippen LogP contribution in [0.2, 0.25) is 0 Å². The Balaban J connectivity index is 1.68. The number of para-hydroxylation sites is 1. The second kappa shape index (κ2) is 5.45. The van der Waals surface area contributed by atoms with Gasteiger partial charge in [0, 0.05) is 18.0 Å². The zero-order chi connectivity index (χ0) is 15.6. The van der Waals surface area contributed by atoms with Crippen molar-refractivity contribution in [2.45, 2.75) is 6.54 Å². The van der Waals surface area contributed by atoms with Crippen LogP contribution in [-0.2, 0) is 6.54 Å². The van der Waals surface area contributed by atoms with Gasteiger partial charge in [0.2, 0.25) is 0 Å². The summed E-state index contributed by atoms with van der Waals surface area (Å²) in [7, 11) is 0. The molecule has 1 aromatic carbocycles. The molecule has 0 atom stereocenters. The van der Waals surface area contributed by atoms with Gasteiger partial charge in [-0.25, -0.2) is 4.98 Å². The van der Waals surface area contributed by atoms with Gasteiger partial charge in [-0.05, 0) is 24.3 Å². The summed E-state index contributed by atoms with van der Waals surface area (Å²) in [4.78, 5) is 25.0. The van der Waals surface area contributed by atoms with Crippen molar-refractivity contribution in [3.8, 4) is 11.5 Å². The number of benzene rings is 1. The molecule has 0 unspecified atom stereocenters. The summed E-state index contributed by atoms with van der Waals surface area (Å²) >= 11 is 0. The molecular formula is C16H11N5O2. The van der Waals surface area contributed by atoms with Crippen molar-refractivity contribution in [2.24, 2.45) is 0 Å². The van der Waals surface area contributed by atoms with Gasteiger partial charge in [0.15, 0.2) is 5.82 Å². The fraction of sp³-hybridized carbons (Fsp3) is 0.0625. The SMILES string of the molecule is O=c1c2ccccc2ncn1Cc1noc(-c2ccncc2)n1. The number of fused-ring (bicyclic) bond motifs is 1. The Bertz CT molecular complexity index is 1020. The van der Waals surface area contributed by atoms with Gasteiger partial charge in [-0.3, -0.25) is 14.3 Å². The number of hydrogen-bond acceptors (Lipinski definition) is 6. The summed E-state index contributed by atoms with van der Waals surface area (Å²) in [5, 5.41) is 4.48. The minimum Gasteiger partial charge on any atom is -0.334 e. The summed E-state index contributed by atoms with van der Waals surface area (Å²) in [6.07, 6.45) is 4.79. The lowest BCUT2D eigenvalue weighted by molar-refractivity contribution is 0.420. The van der Waals surface area contributed by atoms with E-state index < -0.39 is 0 Å². The Morgan fingerprint density at radius 1 is 1.09 bits per heavy atom. The monoisotopic (exact) mass is 305 g/mol. The lowest BCUT2D eigenvalue weighted by Crippen LogP contribution is -2.21. The fourth-order valence-corrected chi connectivity index (χ4v) is 2.30. The summed E-state index contributed by atoms with van der Waals surface area (Å²) in [5.41, 5.74) is 1.31. The first-order valence-electron chi connectivity index (χ1n) is 6.98. The highest BCUT2D eigenvalue weighted by molar-refractivity contribution is 5.76. The van der Waals surface area contributed by atoms with Crippen molar-refractivity contribution >= 4 is 10.9 Å².